The van der Waals surface area contributed by atoms with Gasteiger partial charge in [0.15, 0.2) is 11.6 Å². The van der Waals surface area contributed by atoms with Crippen LogP contribution in [-0.4, -0.2) is 17.1 Å². The highest BCUT2D eigenvalue weighted by Gasteiger charge is 2.16. The summed E-state index contributed by atoms with van der Waals surface area (Å²) in [6.07, 6.45) is 8.63. The number of ether oxygens (including phenoxy) is 1. The van der Waals surface area contributed by atoms with Gasteiger partial charge >= 0.3 is 6.03 Å². The number of pyridine rings is 1. The molecular formula is C20H25N3O2. The molecule has 25 heavy (non-hydrogen) atoms. The largest absolute Gasteiger partial charge is 0.485 e. The van der Waals surface area contributed by atoms with Gasteiger partial charge in [-0.2, -0.15) is 0 Å². The number of carbonyl (C=O) groups is 1. The summed E-state index contributed by atoms with van der Waals surface area (Å²) in [6.45, 7) is 0.436. The molecule has 5 nitrogen and oxygen atoms in total. The Morgan fingerprint density at radius 2 is 1.80 bits per heavy atom. The molecule has 132 valence electrons. The predicted molar refractivity (Wildman–Crippen MR) is 98.7 cm³/mol. The number of benzene rings is 1. The van der Waals surface area contributed by atoms with E-state index in [1.807, 2.05) is 36.4 Å². The van der Waals surface area contributed by atoms with Crippen LogP contribution in [0.25, 0.3) is 0 Å². The topological polar surface area (TPSA) is 63.2 Å². The van der Waals surface area contributed by atoms with Gasteiger partial charge in [0.2, 0.25) is 0 Å². The van der Waals surface area contributed by atoms with Crippen LogP contribution < -0.4 is 15.4 Å². The molecular weight excluding hydrogens is 314 g/mol. The molecule has 1 aliphatic rings. The molecule has 3 rings (SSSR count). The highest BCUT2D eigenvalue weighted by atomic mass is 16.5. The fourth-order valence-corrected chi connectivity index (χ4v) is 3.09. The molecule has 0 radical (unpaired) electrons. The van der Waals surface area contributed by atoms with Crippen molar-refractivity contribution in [3.05, 3.63) is 54.2 Å². The molecule has 2 amide bonds. The van der Waals surface area contributed by atoms with E-state index in [0.717, 1.165) is 18.4 Å². The molecule has 0 bridgehead atoms. The Hall–Kier alpha value is -2.56. The van der Waals surface area contributed by atoms with Gasteiger partial charge in [-0.15, -0.1) is 0 Å². The Labute approximate surface area is 148 Å². The summed E-state index contributed by atoms with van der Waals surface area (Å²) in [6, 6.07) is 13.6. The number of hydrogen-bond donors (Lipinski definition) is 2. The summed E-state index contributed by atoms with van der Waals surface area (Å²) in [7, 11) is 0. The SMILES string of the molecule is O=C(Nc1ncccc1OCc1ccccc1)NC1CCCCCC1. The highest BCUT2D eigenvalue weighted by Crippen LogP contribution is 2.22. The number of nitrogens with one attached hydrogen (secondary N) is 2. The van der Waals surface area contributed by atoms with Crippen LogP contribution in [0.15, 0.2) is 48.7 Å². The van der Waals surface area contributed by atoms with Crippen molar-refractivity contribution < 1.29 is 9.53 Å². The molecule has 1 aromatic heterocycles. The Balaban J connectivity index is 1.57. The van der Waals surface area contributed by atoms with Gasteiger partial charge in [-0.25, -0.2) is 9.78 Å². The molecule has 0 atom stereocenters. The molecule has 2 aromatic rings. The van der Waals surface area contributed by atoms with E-state index >= 15 is 0 Å². The standard InChI is InChI=1S/C20H25N3O2/c24-20(22-17-11-6-1-2-7-12-17)23-19-18(13-8-14-21-19)25-15-16-9-4-3-5-10-16/h3-5,8-10,13-14,17H,1-2,6-7,11-12,15H2,(H2,21,22,23,24). The maximum Gasteiger partial charge on any atom is 0.320 e. The van der Waals surface area contributed by atoms with Crippen molar-refractivity contribution >= 4 is 11.8 Å². The fourth-order valence-electron chi connectivity index (χ4n) is 3.09. The Kier molecular flexibility index (Phi) is 6.26. The number of aromatic nitrogens is 1. The lowest BCUT2D eigenvalue weighted by molar-refractivity contribution is 0.246. The number of amides is 2. The second kappa shape index (κ2) is 9.06. The van der Waals surface area contributed by atoms with Gasteiger partial charge in [0.25, 0.3) is 0 Å². The Bertz CT molecular complexity index is 668. The summed E-state index contributed by atoms with van der Waals surface area (Å²) >= 11 is 0. The Morgan fingerprint density at radius 1 is 1.04 bits per heavy atom. The molecule has 1 aliphatic carbocycles. The van der Waals surface area contributed by atoms with Gasteiger partial charge in [0, 0.05) is 12.2 Å². The first kappa shape index (κ1) is 17.3. The highest BCUT2D eigenvalue weighted by molar-refractivity contribution is 5.89. The number of anilines is 1. The molecule has 5 heteroatoms. The number of nitrogens with zero attached hydrogens (tertiary/aromatic N) is 1. The molecule has 1 aromatic carbocycles. The first-order valence-corrected chi connectivity index (χ1v) is 9.00. The quantitative estimate of drug-likeness (QED) is 0.788. The first-order valence-electron chi connectivity index (χ1n) is 9.00. The van der Waals surface area contributed by atoms with E-state index in [2.05, 4.69) is 15.6 Å². The molecule has 1 heterocycles. The lowest BCUT2D eigenvalue weighted by Crippen LogP contribution is -2.37. The van der Waals surface area contributed by atoms with Crippen LogP contribution in [0, 0.1) is 0 Å². The van der Waals surface area contributed by atoms with E-state index in [1.54, 1.807) is 12.3 Å². The van der Waals surface area contributed by atoms with Crippen molar-refractivity contribution in [2.75, 3.05) is 5.32 Å². The van der Waals surface area contributed by atoms with Gasteiger partial charge in [0.05, 0.1) is 0 Å². The van der Waals surface area contributed by atoms with Crippen LogP contribution in [0.5, 0.6) is 5.75 Å². The molecule has 0 spiro atoms. The summed E-state index contributed by atoms with van der Waals surface area (Å²) in [5, 5.41) is 5.89. The summed E-state index contributed by atoms with van der Waals surface area (Å²) < 4.78 is 5.83. The summed E-state index contributed by atoms with van der Waals surface area (Å²) in [5.74, 6) is 1.02. The fraction of sp³-hybridized carbons (Fsp3) is 0.400. The predicted octanol–water partition coefficient (Wildman–Crippen LogP) is 4.50. The zero-order valence-corrected chi connectivity index (χ0v) is 14.4. The second-order valence-electron chi connectivity index (χ2n) is 6.41. The van der Waals surface area contributed by atoms with Gasteiger partial charge in [-0.05, 0) is 30.5 Å². The zero-order valence-electron chi connectivity index (χ0n) is 14.4. The van der Waals surface area contributed by atoms with Crippen molar-refractivity contribution in [1.29, 1.82) is 0 Å². The lowest BCUT2D eigenvalue weighted by Gasteiger charge is -2.17. The third-order valence-corrected chi connectivity index (χ3v) is 4.43. The normalized spacial score (nSPS) is 15.2. The van der Waals surface area contributed by atoms with Gasteiger partial charge in [-0.3, -0.25) is 5.32 Å². The number of rotatable bonds is 5. The van der Waals surface area contributed by atoms with Crippen molar-refractivity contribution in [2.24, 2.45) is 0 Å². The summed E-state index contributed by atoms with van der Waals surface area (Å²) in [4.78, 5) is 16.5. The minimum atomic E-state index is -0.213. The van der Waals surface area contributed by atoms with Crippen LogP contribution in [0.1, 0.15) is 44.1 Å². The lowest BCUT2D eigenvalue weighted by atomic mass is 10.1. The smallest absolute Gasteiger partial charge is 0.320 e. The van der Waals surface area contributed by atoms with Gasteiger partial charge in [0.1, 0.15) is 6.61 Å². The summed E-state index contributed by atoms with van der Waals surface area (Å²) in [5.41, 5.74) is 1.07. The van der Waals surface area contributed by atoms with E-state index < -0.39 is 0 Å². The van der Waals surface area contributed by atoms with E-state index in [0.29, 0.717) is 18.2 Å². The molecule has 1 saturated carbocycles. The maximum atomic E-state index is 12.3. The molecule has 0 unspecified atom stereocenters. The Morgan fingerprint density at radius 3 is 2.56 bits per heavy atom. The molecule has 0 aliphatic heterocycles. The van der Waals surface area contributed by atoms with Crippen LogP contribution in [-0.2, 0) is 6.61 Å². The average Bonchev–Trinajstić information content (AvgIpc) is 2.90. The van der Waals surface area contributed by atoms with E-state index in [-0.39, 0.29) is 12.1 Å². The maximum absolute atomic E-state index is 12.3. The molecule has 1 fully saturated rings. The number of urea groups is 1. The van der Waals surface area contributed by atoms with Crippen LogP contribution in [0.2, 0.25) is 0 Å². The number of hydrogen-bond acceptors (Lipinski definition) is 3. The van der Waals surface area contributed by atoms with Crippen LogP contribution in [0.4, 0.5) is 10.6 Å². The molecule has 2 N–H and O–H groups in total. The number of carbonyl (C=O) groups excluding carboxylic acids is 1. The van der Waals surface area contributed by atoms with Gasteiger partial charge < -0.3 is 10.1 Å². The van der Waals surface area contributed by atoms with E-state index in [1.165, 1.54) is 25.7 Å². The van der Waals surface area contributed by atoms with Gasteiger partial charge in [-0.1, -0.05) is 56.0 Å². The van der Waals surface area contributed by atoms with Crippen LogP contribution in [0.3, 0.4) is 0 Å². The van der Waals surface area contributed by atoms with Crippen molar-refractivity contribution in [2.45, 2.75) is 51.2 Å². The second-order valence-corrected chi connectivity index (χ2v) is 6.41. The molecule has 0 saturated heterocycles. The first-order chi connectivity index (χ1) is 12.3. The average molecular weight is 339 g/mol. The van der Waals surface area contributed by atoms with E-state index in [4.69, 9.17) is 4.74 Å². The zero-order chi connectivity index (χ0) is 17.3. The minimum absolute atomic E-state index is 0.213. The van der Waals surface area contributed by atoms with Crippen molar-refractivity contribution in [1.82, 2.24) is 10.3 Å². The van der Waals surface area contributed by atoms with E-state index in [9.17, 15) is 4.79 Å². The third-order valence-electron chi connectivity index (χ3n) is 4.43. The monoisotopic (exact) mass is 339 g/mol. The minimum Gasteiger partial charge on any atom is -0.485 e. The van der Waals surface area contributed by atoms with Crippen molar-refractivity contribution in [3.63, 3.8) is 0 Å². The third kappa shape index (κ3) is 5.48. The van der Waals surface area contributed by atoms with Crippen molar-refractivity contribution in [3.8, 4) is 5.75 Å². The van der Waals surface area contributed by atoms with Crippen LogP contribution >= 0.6 is 0 Å².